The maximum absolute atomic E-state index is 13.8. The Morgan fingerprint density at radius 2 is 1.17 bits per heavy atom. The zero-order valence-corrected chi connectivity index (χ0v) is 24.9. The van der Waals surface area contributed by atoms with Crippen LogP contribution in [0.25, 0.3) is 0 Å². The number of amides is 3. The Morgan fingerprint density at radius 3 is 1.76 bits per heavy atom. The molecule has 1 unspecified atom stereocenters. The van der Waals surface area contributed by atoms with Crippen LogP contribution in [0.2, 0.25) is 0 Å². The van der Waals surface area contributed by atoms with Crippen LogP contribution >= 0.6 is 0 Å². The van der Waals surface area contributed by atoms with E-state index in [-0.39, 0.29) is 25.1 Å². The summed E-state index contributed by atoms with van der Waals surface area (Å²) in [5, 5.41) is 8.44. The van der Waals surface area contributed by atoms with Crippen LogP contribution < -0.4 is 26.4 Å². The Labute approximate surface area is 265 Å². The lowest BCUT2D eigenvalue weighted by molar-refractivity contribution is -0.153. The molecule has 4 aromatic carbocycles. The van der Waals surface area contributed by atoms with Crippen LogP contribution in [0.1, 0.15) is 32.6 Å². The molecule has 0 spiro atoms. The normalized spacial score (nSPS) is 12.4. The van der Waals surface area contributed by atoms with E-state index in [2.05, 4.69) is 16.0 Å². The summed E-state index contributed by atoms with van der Waals surface area (Å²) in [6, 6.07) is 28.7. The summed E-state index contributed by atoms with van der Waals surface area (Å²) in [5.41, 5.74) is 9.18. The Bertz CT molecular complexity index is 1570. The summed E-state index contributed by atoms with van der Waals surface area (Å²) in [5.74, 6) is -1.52. The van der Waals surface area contributed by atoms with Crippen molar-refractivity contribution in [2.24, 2.45) is 5.73 Å². The molecular formula is C35H35F3N4O4. The molecule has 8 nitrogen and oxygen atoms in total. The summed E-state index contributed by atoms with van der Waals surface area (Å²) < 4.78 is 42.5. The van der Waals surface area contributed by atoms with Crippen LogP contribution in [-0.4, -0.2) is 42.6 Å². The topological polar surface area (TPSA) is 123 Å². The van der Waals surface area contributed by atoms with Crippen molar-refractivity contribution < 1.29 is 32.3 Å². The first-order valence-corrected chi connectivity index (χ1v) is 14.6. The molecule has 0 bridgehead atoms. The predicted octanol–water partition coefficient (Wildman–Crippen LogP) is 4.47. The van der Waals surface area contributed by atoms with Gasteiger partial charge in [0.25, 0.3) is 5.91 Å². The third-order valence-corrected chi connectivity index (χ3v) is 7.06. The molecule has 0 aliphatic carbocycles. The van der Waals surface area contributed by atoms with Crippen molar-refractivity contribution >= 4 is 17.7 Å². The summed E-state index contributed by atoms with van der Waals surface area (Å²) in [4.78, 5) is 40.3. The molecule has 0 saturated heterocycles. The molecule has 4 aromatic rings. The highest BCUT2D eigenvalue weighted by Gasteiger charge is 2.29. The zero-order valence-electron chi connectivity index (χ0n) is 24.9. The van der Waals surface area contributed by atoms with Gasteiger partial charge in [-0.2, -0.15) is 13.2 Å². The molecular weight excluding hydrogens is 597 g/mol. The second-order valence-electron chi connectivity index (χ2n) is 10.6. The van der Waals surface area contributed by atoms with E-state index in [1.165, 1.54) is 24.3 Å². The zero-order chi connectivity index (χ0) is 32.9. The maximum atomic E-state index is 13.8. The van der Waals surface area contributed by atoms with Crippen molar-refractivity contribution in [1.29, 1.82) is 0 Å². The minimum absolute atomic E-state index is 0.00285. The van der Waals surface area contributed by atoms with E-state index in [4.69, 9.17) is 10.5 Å². The quantitative estimate of drug-likeness (QED) is 0.164. The summed E-state index contributed by atoms with van der Waals surface area (Å²) in [7, 11) is 0. The van der Waals surface area contributed by atoms with Gasteiger partial charge in [0.1, 0.15) is 17.8 Å². The smallest absolute Gasteiger partial charge is 0.422 e. The fourth-order valence-corrected chi connectivity index (χ4v) is 4.60. The monoisotopic (exact) mass is 632 g/mol. The first-order chi connectivity index (χ1) is 22.1. The molecule has 240 valence electrons. The fraction of sp³-hybridized carbons (Fsp3) is 0.229. The van der Waals surface area contributed by atoms with Gasteiger partial charge < -0.3 is 26.4 Å². The molecule has 5 N–H and O–H groups in total. The van der Waals surface area contributed by atoms with E-state index in [0.29, 0.717) is 17.7 Å². The molecule has 3 amide bonds. The predicted molar refractivity (Wildman–Crippen MR) is 168 cm³/mol. The Balaban J connectivity index is 1.52. The van der Waals surface area contributed by atoms with E-state index in [9.17, 15) is 27.6 Å². The van der Waals surface area contributed by atoms with Crippen LogP contribution in [0.5, 0.6) is 5.75 Å². The van der Waals surface area contributed by atoms with Gasteiger partial charge in [0.2, 0.25) is 11.8 Å². The third kappa shape index (κ3) is 10.8. The van der Waals surface area contributed by atoms with Gasteiger partial charge >= 0.3 is 6.18 Å². The van der Waals surface area contributed by atoms with Crippen molar-refractivity contribution in [2.45, 2.75) is 44.2 Å². The number of ether oxygens (including phenoxy) is 1. The number of benzene rings is 4. The molecule has 0 aromatic heterocycles. The average Bonchev–Trinajstić information content (AvgIpc) is 3.07. The Hall–Kier alpha value is -5.16. The van der Waals surface area contributed by atoms with Gasteiger partial charge in [0, 0.05) is 31.5 Å². The van der Waals surface area contributed by atoms with Crippen LogP contribution in [0, 0.1) is 0 Å². The molecule has 4 rings (SSSR count). The number of nitrogens with one attached hydrogen (secondary N) is 3. The molecule has 2 atom stereocenters. The average molecular weight is 633 g/mol. The number of halogens is 3. The highest BCUT2D eigenvalue weighted by molar-refractivity contribution is 5.98. The fourth-order valence-electron chi connectivity index (χ4n) is 4.60. The van der Waals surface area contributed by atoms with Gasteiger partial charge in [-0.15, -0.1) is 0 Å². The van der Waals surface area contributed by atoms with Crippen LogP contribution in [0.15, 0.2) is 109 Å². The third-order valence-electron chi connectivity index (χ3n) is 7.06. The van der Waals surface area contributed by atoms with Crippen LogP contribution in [-0.2, 0) is 35.5 Å². The lowest BCUT2D eigenvalue weighted by Crippen LogP contribution is -2.55. The Morgan fingerprint density at radius 1 is 0.652 bits per heavy atom. The summed E-state index contributed by atoms with van der Waals surface area (Å²) in [6.45, 7) is -0.814. The van der Waals surface area contributed by atoms with Crippen molar-refractivity contribution in [2.75, 3.05) is 6.61 Å². The van der Waals surface area contributed by atoms with E-state index in [0.717, 1.165) is 16.7 Å². The lowest BCUT2D eigenvalue weighted by Gasteiger charge is -2.24. The first kappa shape index (κ1) is 33.7. The summed E-state index contributed by atoms with van der Waals surface area (Å²) >= 11 is 0. The molecule has 0 aliphatic heterocycles. The van der Waals surface area contributed by atoms with Crippen molar-refractivity contribution in [1.82, 2.24) is 16.0 Å². The number of carbonyl (C=O) groups excluding carboxylic acids is 3. The largest absolute Gasteiger partial charge is 0.484 e. The molecule has 0 heterocycles. The van der Waals surface area contributed by atoms with E-state index in [1.807, 2.05) is 54.6 Å². The van der Waals surface area contributed by atoms with Gasteiger partial charge in [-0.25, -0.2) is 0 Å². The number of rotatable bonds is 14. The highest BCUT2D eigenvalue weighted by atomic mass is 19.4. The number of hydrogen-bond acceptors (Lipinski definition) is 5. The number of hydrogen-bond donors (Lipinski definition) is 4. The molecule has 0 saturated carbocycles. The standard InChI is InChI=1S/C35H35F3N4O4/c36-35(37,38)23-46-29-17-15-25(16-18-29)20-31(41-32(43)28-9-5-2-6-10-28)34(45)42-30(19-24-7-3-1-4-8-24)33(44)40-22-27-13-11-26(21-39)12-14-27/h1-18,30-31H,19-23,39H2,(H,40,44)(H,41,43)(H,42,45)/t30-,31?/m0/s1. The number of alkyl halides is 3. The van der Waals surface area contributed by atoms with E-state index < -0.39 is 42.6 Å². The molecule has 0 fully saturated rings. The van der Waals surface area contributed by atoms with Gasteiger partial charge in [0.15, 0.2) is 6.61 Å². The highest BCUT2D eigenvalue weighted by Crippen LogP contribution is 2.19. The van der Waals surface area contributed by atoms with Crippen molar-refractivity contribution in [3.8, 4) is 5.75 Å². The Kier molecular flexibility index (Phi) is 11.9. The second kappa shape index (κ2) is 16.2. The van der Waals surface area contributed by atoms with E-state index in [1.54, 1.807) is 30.3 Å². The van der Waals surface area contributed by atoms with Gasteiger partial charge in [-0.05, 0) is 46.5 Å². The second-order valence-corrected chi connectivity index (χ2v) is 10.6. The number of nitrogens with two attached hydrogens (primary N) is 1. The minimum atomic E-state index is -4.48. The summed E-state index contributed by atoms with van der Waals surface area (Å²) in [6.07, 6.45) is -4.30. The SMILES string of the molecule is NCc1ccc(CNC(=O)[C@H](Cc2ccccc2)NC(=O)C(Cc2ccc(OCC(F)(F)F)cc2)NC(=O)c2ccccc2)cc1. The van der Waals surface area contributed by atoms with Crippen LogP contribution in [0.3, 0.4) is 0 Å². The molecule has 0 radical (unpaired) electrons. The molecule has 0 aliphatic rings. The van der Waals surface area contributed by atoms with Gasteiger partial charge in [-0.1, -0.05) is 84.9 Å². The van der Waals surface area contributed by atoms with Crippen molar-refractivity contribution in [3.05, 3.63) is 137 Å². The maximum Gasteiger partial charge on any atom is 0.422 e. The van der Waals surface area contributed by atoms with Crippen LogP contribution in [0.4, 0.5) is 13.2 Å². The lowest BCUT2D eigenvalue weighted by atomic mass is 10.0. The van der Waals surface area contributed by atoms with Gasteiger partial charge in [-0.3, -0.25) is 14.4 Å². The van der Waals surface area contributed by atoms with Crippen molar-refractivity contribution in [3.63, 3.8) is 0 Å². The number of carbonyl (C=O) groups is 3. The minimum Gasteiger partial charge on any atom is -0.484 e. The molecule has 46 heavy (non-hydrogen) atoms. The first-order valence-electron chi connectivity index (χ1n) is 14.6. The molecule has 11 heteroatoms. The van der Waals surface area contributed by atoms with E-state index >= 15 is 0 Å². The van der Waals surface area contributed by atoms with Gasteiger partial charge in [0.05, 0.1) is 0 Å².